The molecular formula is C10H10FN3O2. The Morgan fingerprint density at radius 1 is 1.69 bits per heavy atom. The van der Waals surface area contributed by atoms with E-state index in [4.69, 9.17) is 16.1 Å². The number of nitrogens with one attached hydrogen (secondary N) is 1. The van der Waals surface area contributed by atoms with E-state index in [-0.39, 0.29) is 17.8 Å². The van der Waals surface area contributed by atoms with Crippen molar-refractivity contribution in [2.75, 3.05) is 11.9 Å². The van der Waals surface area contributed by atoms with Crippen LogP contribution in [0.15, 0.2) is 18.2 Å². The van der Waals surface area contributed by atoms with Crippen LogP contribution in [0.4, 0.5) is 10.1 Å². The lowest BCUT2D eigenvalue weighted by Gasteiger charge is -2.10. The summed E-state index contributed by atoms with van der Waals surface area (Å²) in [6, 6.07) is 4.65. The van der Waals surface area contributed by atoms with Crippen LogP contribution in [0.1, 0.15) is 5.56 Å². The first-order chi connectivity index (χ1) is 7.56. The Morgan fingerprint density at radius 3 is 2.94 bits per heavy atom. The second-order valence-corrected chi connectivity index (χ2v) is 3.10. The summed E-state index contributed by atoms with van der Waals surface area (Å²) in [6.07, 6.45) is 0. The van der Waals surface area contributed by atoms with Gasteiger partial charge in [0.05, 0.1) is 5.69 Å². The normalized spacial score (nSPS) is 11.6. The van der Waals surface area contributed by atoms with E-state index in [0.717, 1.165) is 6.07 Å². The van der Waals surface area contributed by atoms with E-state index in [1.54, 1.807) is 6.07 Å². The van der Waals surface area contributed by atoms with Crippen LogP contribution in [-0.4, -0.2) is 23.7 Å². The molecule has 0 heterocycles. The van der Waals surface area contributed by atoms with E-state index in [9.17, 15) is 9.18 Å². The summed E-state index contributed by atoms with van der Waals surface area (Å²) < 4.78 is 13.1. The number of nitrogens with zero attached hydrogens (tertiary/aromatic N) is 1. The molecule has 16 heavy (non-hydrogen) atoms. The first kappa shape index (κ1) is 11.9. The van der Waals surface area contributed by atoms with Gasteiger partial charge in [-0.15, -0.1) is 0 Å². The Bertz CT molecular complexity index is 442. The molecule has 1 unspecified atom stereocenters. The number of hydrogen-bond donors (Lipinski definition) is 3. The van der Waals surface area contributed by atoms with Crippen molar-refractivity contribution < 1.29 is 14.3 Å². The van der Waals surface area contributed by atoms with Gasteiger partial charge in [0, 0.05) is 6.54 Å². The molecule has 0 aromatic heterocycles. The second kappa shape index (κ2) is 5.09. The molecule has 5 nitrogen and oxygen atoms in total. The third-order valence-electron chi connectivity index (χ3n) is 1.96. The lowest BCUT2D eigenvalue weighted by Crippen LogP contribution is -2.37. The van der Waals surface area contributed by atoms with Gasteiger partial charge in [-0.3, -0.25) is 4.79 Å². The number of benzene rings is 1. The average Bonchev–Trinajstić information content (AvgIpc) is 2.25. The van der Waals surface area contributed by atoms with Gasteiger partial charge in [0.1, 0.15) is 23.5 Å². The highest BCUT2D eigenvalue weighted by Crippen LogP contribution is 2.17. The first-order valence-corrected chi connectivity index (χ1v) is 4.47. The number of carboxylic acid groups (broad SMARTS) is 1. The minimum Gasteiger partial charge on any atom is -0.480 e. The van der Waals surface area contributed by atoms with E-state index in [1.165, 1.54) is 12.1 Å². The summed E-state index contributed by atoms with van der Waals surface area (Å²) >= 11 is 0. The van der Waals surface area contributed by atoms with Gasteiger partial charge < -0.3 is 16.2 Å². The largest absolute Gasteiger partial charge is 0.480 e. The highest BCUT2D eigenvalue weighted by molar-refractivity contribution is 5.74. The molecular weight excluding hydrogens is 213 g/mol. The monoisotopic (exact) mass is 223 g/mol. The molecule has 0 spiro atoms. The van der Waals surface area contributed by atoms with Crippen molar-refractivity contribution in [1.29, 1.82) is 5.26 Å². The Kier molecular flexibility index (Phi) is 3.80. The van der Waals surface area contributed by atoms with Crippen LogP contribution in [0.5, 0.6) is 0 Å². The molecule has 84 valence electrons. The topological polar surface area (TPSA) is 99.1 Å². The molecule has 4 N–H and O–H groups in total. The summed E-state index contributed by atoms with van der Waals surface area (Å²) in [5.41, 5.74) is 5.34. The fourth-order valence-corrected chi connectivity index (χ4v) is 1.09. The maximum atomic E-state index is 13.1. The molecule has 0 radical (unpaired) electrons. The molecule has 1 aromatic rings. The van der Waals surface area contributed by atoms with Gasteiger partial charge >= 0.3 is 5.97 Å². The van der Waals surface area contributed by atoms with E-state index >= 15 is 0 Å². The van der Waals surface area contributed by atoms with Gasteiger partial charge in [0.2, 0.25) is 0 Å². The molecule has 0 aliphatic heterocycles. The SMILES string of the molecule is N#Cc1c(F)cccc1NCC(N)C(=O)O. The van der Waals surface area contributed by atoms with Crippen molar-refractivity contribution in [2.45, 2.75) is 6.04 Å². The summed E-state index contributed by atoms with van der Waals surface area (Å²) in [4.78, 5) is 10.4. The van der Waals surface area contributed by atoms with E-state index < -0.39 is 17.8 Å². The van der Waals surface area contributed by atoms with Crippen LogP contribution >= 0.6 is 0 Å². The second-order valence-electron chi connectivity index (χ2n) is 3.10. The molecule has 0 aliphatic rings. The van der Waals surface area contributed by atoms with E-state index in [0.29, 0.717) is 0 Å². The number of rotatable bonds is 4. The van der Waals surface area contributed by atoms with Crippen LogP contribution < -0.4 is 11.1 Å². The molecule has 0 bridgehead atoms. The Labute approximate surface area is 91.3 Å². The number of nitrogens with two attached hydrogens (primary N) is 1. The van der Waals surface area contributed by atoms with Crippen molar-refractivity contribution in [3.05, 3.63) is 29.6 Å². The third kappa shape index (κ3) is 2.68. The highest BCUT2D eigenvalue weighted by atomic mass is 19.1. The number of carbonyl (C=O) groups is 1. The zero-order valence-electron chi connectivity index (χ0n) is 8.27. The third-order valence-corrected chi connectivity index (χ3v) is 1.96. The van der Waals surface area contributed by atoms with E-state index in [1.807, 2.05) is 0 Å². The zero-order valence-corrected chi connectivity index (χ0v) is 8.27. The molecule has 1 atom stereocenters. The minimum atomic E-state index is -1.16. The number of carboxylic acids is 1. The van der Waals surface area contributed by atoms with Gasteiger partial charge in [0.25, 0.3) is 0 Å². The van der Waals surface area contributed by atoms with Crippen molar-refractivity contribution in [3.63, 3.8) is 0 Å². The van der Waals surface area contributed by atoms with Crippen LogP contribution in [0.2, 0.25) is 0 Å². The van der Waals surface area contributed by atoms with Crippen molar-refractivity contribution in [1.82, 2.24) is 0 Å². The lowest BCUT2D eigenvalue weighted by molar-refractivity contribution is -0.138. The number of aliphatic carboxylic acids is 1. The molecule has 1 aromatic carbocycles. The van der Waals surface area contributed by atoms with Crippen LogP contribution in [0.3, 0.4) is 0 Å². The first-order valence-electron chi connectivity index (χ1n) is 4.47. The lowest BCUT2D eigenvalue weighted by atomic mass is 10.1. The predicted molar refractivity (Wildman–Crippen MR) is 55.2 cm³/mol. The molecule has 0 amide bonds. The molecule has 6 heteroatoms. The van der Waals surface area contributed by atoms with Crippen LogP contribution in [0.25, 0.3) is 0 Å². The molecule has 1 rings (SSSR count). The van der Waals surface area contributed by atoms with Gasteiger partial charge in [-0.2, -0.15) is 5.26 Å². The maximum absolute atomic E-state index is 13.1. The number of nitriles is 1. The van der Waals surface area contributed by atoms with Crippen LogP contribution in [0, 0.1) is 17.1 Å². The number of hydrogen-bond acceptors (Lipinski definition) is 4. The van der Waals surface area contributed by atoms with Crippen LogP contribution in [-0.2, 0) is 4.79 Å². The Balaban J connectivity index is 2.79. The standard InChI is InChI=1S/C10H10FN3O2/c11-7-2-1-3-9(6(7)4-12)14-5-8(13)10(15)16/h1-3,8,14H,5,13H2,(H,15,16). The Hall–Kier alpha value is -2.13. The van der Waals surface area contributed by atoms with Crippen molar-refractivity contribution in [2.24, 2.45) is 5.73 Å². The van der Waals surface area contributed by atoms with Crippen molar-refractivity contribution in [3.8, 4) is 6.07 Å². The van der Waals surface area contributed by atoms with Gasteiger partial charge in [-0.25, -0.2) is 4.39 Å². The van der Waals surface area contributed by atoms with Gasteiger partial charge in [-0.1, -0.05) is 6.07 Å². The molecule has 0 fully saturated rings. The zero-order chi connectivity index (χ0) is 12.1. The molecule has 0 saturated carbocycles. The summed E-state index contributed by atoms with van der Waals surface area (Å²) in [5.74, 6) is -1.82. The molecule has 0 saturated heterocycles. The quantitative estimate of drug-likeness (QED) is 0.691. The fourth-order valence-electron chi connectivity index (χ4n) is 1.09. The fraction of sp³-hybridized carbons (Fsp3) is 0.200. The summed E-state index contributed by atoms with van der Waals surface area (Å²) in [6.45, 7) is -0.0759. The Morgan fingerprint density at radius 2 is 2.38 bits per heavy atom. The highest BCUT2D eigenvalue weighted by Gasteiger charge is 2.13. The van der Waals surface area contributed by atoms with Gasteiger partial charge in [0.15, 0.2) is 0 Å². The average molecular weight is 223 g/mol. The van der Waals surface area contributed by atoms with E-state index in [2.05, 4.69) is 5.32 Å². The van der Waals surface area contributed by atoms with Crippen molar-refractivity contribution >= 4 is 11.7 Å². The summed E-state index contributed by atoms with van der Waals surface area (Å²) in [7, 11) is 0. The van der Waals surface area contributed by atoms with Gasteiger partial charge in [-0.05, 0) is 12.1 Å². The minimum absolute atomic E-state index is 0.0759. The maximum Gasteiger partial charge on any atom is 0.322 e. The summed E-state index contributed by atoms with van der Waals surface area (Å²) in [5, 5.41) is 19.9. The number of anilines is 1. The molecule has 0 aliphatic carbocycles. The smallest absolute Gasteiger partial charge is 0.322 e. The predicted octanol–water partition coefficient (Wildman–Crippen LogP) is 0.521. The number of halogens is 1.